The van der Waals surface area contributed by atoms with Crippen LogP contribution in [0, 0.1) is 11.6 Å². The number of hydrogen-bond acceptors (Lipinski definition) is 3. The predicted octanol–water partition coefficient (Wildman–Crippen LogP) is 4.69. The fourth-order valence-electron chi connectivity index (χ4n) is 4.32. The molecule has 1 N–H and O–H groups in total. The molecule has 0 unspecified atom stereocenters. The van der Waals surface area contributed by atoms with Gasteiger partial charge >= 0.3 is 6.09 Å². The third-order valence-corrected chi connectivity index (χ3v) is 5.55. The van der Waals surface area contributed by atoms with Crippen LogP contribution in [0.3, 0.4) is 0 Å². The minimum atomic E-state index is -1.08. The topological polar surface area (TPSA) is 75.4 Å². The number of rotatable bonds is 4. The zero-order valence-corrected chi connectivity index (χ0v) is 17.7. The zero-order chi connectivity index (χ0) is 22.2. The van der Waals surface area contributed by atoms with E-state index in [1.54, 1.807) is 33.0 Å². The number of fused-ring (bicyclic) bond motifs is 1. The van der Waals surface area contributed by atoms with E-state index in [0.29, 0.717) is 30.9 Å². The number of Topliss-reactive ketones (excluding diaryl/α,β-unsaturated/α-hetero) is 1. The minimum Gasteiger partial charge on any atom is -0.465 e. The molecule has 30 heavy (non-hydrogen) atoms. The molecule has 2 atom stereocenters. The first-order valence-corrected chi connectivity index (χ1v) is 10.0. The number of carboxylic acid groups (broad SMARTS) is 1. The van der Waals surface area contributed by atoms with Crippen LogP contribution < -0.4 is 0 Å². The molecule has 0 radical (unpaired) electrons. The van der Waals surface area contributed by atoms with Gasteiger partial charge in [-0.05, 0) is 52.2 Å². The van der Waals surface area contributed by atoms with E-state index in [-0.39, 0.29) is 23.7 Å². The summed E-state index contributed by atoms with van der Waals surface area (Å²) in [6.07, 6.45) is 1.50. The Morgan fingerprint density at radius 2 is 1.97 bits per heavy atom. The quantitative estimate of drug-likeness (QED) is 0.780. The minimum absolute atomic E-state index is 0.0575. The van der Waals surface area contributed by atoms with Crippen LogP contribution in [0.4, 0.5) is 13.6 Å². The van der Waals surface area contributed by atoms with Crippen LogP contribution in [0.2, 0.25) is 0 Å². The Labute approximate surface area is 174 Å². The Hall–Kier alpha value is -2.77. The average molecular weight is 419 g/mol. The fourth-order valence-corrected chi connectivity index (χ4v) is 4.32. The molecule has 1 aromatic heterocycles. The van der Waals surface area contributed by atoms with Crippen molar-refractivity contribution in [1.29, 1.82) is 0 Å². The third kappa shape index (κ3) is 4.22. The van der Waals surface area contributed by atoms with E-state index in [1.807, 2.05) is 4.57 Å². The van der Waals surface area contributed by atoms with E-state index in [2.05, 4.69) is 4.98 Å². The third-order valence-electron chi connectivity index (χ3n) is 5.55. The van der Waals surface area contributed by atoms with Crippen molar-refractivity contribution in [2.24, 2.45) is 0 Å². The molecular weight excluding hydrogens is 392 g/mol. The molecule has 162 valence electrons. The van der Waals surface area contributed by atoms with Gasteiger partial charge < -0.3 is 9.67 Å². The highest BCUT2D eigenvalue weighted by atomic mass is 19.2. The van der Waals surface area contributed by atoms with E-state index in [4.69, 9.17) is 0 Å². The first-order valence-electron chi connectivity index (χ1n) is 10.0. The highest BCUT2D eigenvalue weighted by Crippen LogP contribution is 2.39. The number of hydrogen-bond donors (Lipinski definition) is 1. The number of imidazole rings is 1. The Morgan fingerprint density at radius 1 is 1.27 bits per heavy atom. The lowest BCUT2D eigenvalue weighted by molar-refractivity contribution is -0.116. The van der Waals surface area contributed by atoms with Gasteiger partial charge in [-0.3, -0.25) is 9.69 Å². The maximum atomic E-state index is 14.5. The summed E-state index contributed by atoms with van der Waals surface area (Å²) in [6.45, 7) is 7.18. The predicted molar refractivity (Wildman–Crippen MR) is 107 cm³/mol. The SMILES string of the molecule is CC(=O)Cc1cnc2n1C[C@H](c1cccc(F)c1F)CC[C@H]2N(C(=O)O)C(C)(C)C. The van der Waals surface area contributed by atoms with Crippen molar-refractivity contribution < 1.29 is 23.5 Å². The van der Waals surface area contributed by atoms with E-state index >= 15 is 0 Å². The summed E-state index contributed by atoms with van der Waals surface area (Å²) in [7, 11) is 0. The summed E-state index contributed by atoms with van der Waals surface area (Å²) in [6, 6.07) is 3.54. The summed E-state index contributed by atoms with van der Waals surface area (Å²) in [4.78, 5) is 29.7. The van der Waals surface area contributed by atoms with E-state index in [0.717, 1.165) is 6.07 Å². The van der Waals surface area contributed by atoms with E-state index in [1.165, 1.54) is 17.9 Å². The molecule has 1 amide bonds. The Kier molecular flexibility index (Phi) is 5.97. The molecule has 6 nitrogen and oxygen atoms in total. The molecule has 2 aromatic rings. The van der Waals surface area contributed by atoms with Gasteiger partial charge in [0.15, 0.2) is 11.6 Å². The Morgan fingerprint density at radius 3 is 2.57 bits per heavy atom. The first kappa shape index (κ1) is 21.9. The number of amides is 1. The number of carbonyl (C=O) groups excluding carboxylic acids is 1. The number of nitrogens with zero attached hydrogens (tertiary/aromatic N) is 3. The highest BCUT2D eigenvalue weighted by Gasteiger charge is 2.39. The maximum absolute atomic E-state index is 14.5. The van der Waals surface area contributed by atoms with Gasteiger partial charge in [-0.1, -0.05) is 12.1 Å². The monoisotopic (exact) mass is 419 g/mol. The Balaban J connectivity index is 2.11. The molecule has 0 saturated heterocycles. The number of benzene rings is 1. The van der Waals surface area contributed by atoms with Crippen molar-refractivity contribution in [2.75, 3.05) is 0 Å². The van der Waals surface area contributed by atoms with Gasteiger partial charge in [0.2, 0.25) is 0 Å². The van der Waals surface area contributed by atoms with Gasteiger partial charge in [-0.15, -0.1) is 0 Å². The molecule has 2 heterocycles. The van der Waals surface area contributed by atoms with Gasteiger partial charge in [0.1, 0.15) is 11.6 Å². The number of aromatic nitrogens is 2. The first-order chi connectivity index (χ1) is 14.0. The molecular formula is C22H27F2N3O3. The smallest absolute Gasteiger partial charge is 0.408 e. The summed E-state index contributed by atoms with van der Waals surface area (Å²) >= 11 is 0. The number of ketones is 1. The van der Waals surface area contributed by atoms with Crippen LogP contribution in [0.1, 0.15) is 69.6 Å². The van der Waals surface area contributed by atoms with Crippen LogP contribution in [0.25, 0.3) is 0 Å². The second-order valence-electron chi connectivity index (χ2n) is 8.85. The highest BCUT2D eigenvalue weighted by molar-refractivity contribution is 5.77. The largest absolute Gasteiger partial charge is 0.465 e. The van der Waals surface area contributed by atoms with Crippen molar-refractivity contribution in [3.63, 3.8) is 0 Å². The van der Waals surface area contributed by atoms with E-state index in [9.17, 15) is 23.5 Å². The second kappa shape index (κ2) is 8.16. The van der Waals surface area contributed by atoms with Crippen LogP contribution >= 0.6 is 0 Å². The van der Waals surface area contributed by atoms with Gasteiger partial charge in [0, 0.05) is 36.3 Å². The lowest BCUT2D eigenvalue weighted by atomic mass is 9.91. The van der Waals surface area contributed by atoms with Crippen molar-refractivity contribution in [2.45, 2.75) is 71.0 Å². The summed E-state index contributed by atoms with van der Waals surface area (Å²) in [5.74, 6) is -1.70. The number of halogens is 2. The van der Waals surface area contributed by atoms with Gasteiger partial charge in [-0.2, -0.15) is 0 Å². The molecule has 0 saturated carbocycles. The normalized spacial score (nSPS) is 19.1. The lowest BCUT2D eigenvalue weighted by Crippen LogP contribution is -2.47. The average Bonchev–Trinajstić information content (AvgIpc) is 2.89. The number of carbonyl (C=O) groups is 2. The summed E-state index contributed by atoms with van der Waals surface area (Å²) in [5, 5.41) is 9.92. The molecule has 1 aromatic carbocycles. The molecule has 1 aliphatic heterocycles. The van der Waals surface area contributed by atoms with Gasteiger partial charge in [0.05, 0.1) is 6.04 Å². The van der Waals surface area contributed by atoms with Crippen LogP contribution in [0.15, 0.2) is 24.4 Å². The van der Waals surface area contributed by atoms with Crippen LogP contribution in [-0.4, -0.2) is 37.0 Å². The fraction of sp³-hybridized carbons (Fsp3) is 0.500. The molecule has 1 aliphatic rings. The molecule has 0 fully saturated rings. The van der Waals surface area contributed by atoms with Crippen molar-refractivity contribution in [3.8, 4) is 0 Å². The lowest BCUT2D eigenvalue weighted by Gasteiger charge is -2.39. The standard InChI is InChI=1S/C22H27F2N3O3/c1-13(28)10-15-11-25-20-18(27(21(29)30)22(2,3)4)9-8-14(12-26(15)20)16-6-5-7-17(23)19(16)24/h5-7,11,14,18H,8-10,12H2,1-4H3,(H,29,30)/t14-,18-/m1/s1. The molecule has 0 spiro atoms. The summed E-state index contributed by atoms with van der Waals surface area (Å²) in [5.41, 5.74) is 0.199. The molecule has 0 bridgehead atoms. The zero-order valence-electron chi connectivity index (χ0n) is 17.7. The van der Waals surface area contributed by atoms with Crippen molar-refractivity contribution >= 4 is 11.9 Å². The maximum Gasteiger partial charge on any atom is 0.408 e. The summed E-state index contributed by atoms with van der Waals surface area (Å²) < 4.78 is 30.2. The second-order valence-corrected chi connectivity index (χ2v) is 8.85. The van der Waals surface area contributed by atoms with Gasteiger partial charge in [0.25, 0.3) is 0 Å². The van der Waals surface area contributed by atoms with E-state index < -0.39 is 29.3 Å². The molecule has 3 rings (SSSR count). The molecule has 8 heteroatoms. The van der Waals surface area contributed by atoms with Crippen LogP contribution in [0.5, 0.6) is 0 Å². The van der Waals surface area contributed by atoms with Crippen LogP contribution in [-0.2, 0) is 17.8 Å². The Bertz CT molecular complexity index is 965. The molecule has 0 aliphatic carbocycles. The van der Waals surface area contributed by atoms with Gasteiger partial charge in [-0.25, -0.2) is 18.6 Å². The van der Waals surface area contributed by atoms with Crippen molar-refractivity contribution in [3.05, 3.63) is 53.1 Å². The van der Waals surface area contributed by atoms with Crippen molar-refractivity contribution in [1.82, 2.24) is 14.5 Å².